The first kappa shape index (κ1) is 20.0. The zero-order valence-electron chi connectivity index (χ0n) is 10.6. The van der Waals surface area contributed by atoms with E-state index in [9.17, 15) is 9.59 Å². The van der Waals surface area contributed by atoms with Gasteiger partial charge in [0.1, 0.15) is 0 Å². The van der Waals surface area contributed by atoms with Gasteiger partial charge in [0.05, 0.1) is 0 Å². The normalized spacial score (nSPS) is 9.38. The molecule has 0 aromatic heterocycles. The van der Waals surface area contributed by atoms with Gasteiger partial charge in [-0.3, -0.25) is 9.59 Å². The zero-order valence-corrected chi connectivity index (χ0v) is 13.7. The summed E-state index contributed by atoms with van der Waals surface area (Å²) < 4.78 is 0. The third kappa shape index (κ3) is 4.75. The van der Waals surface area contributed by atoms with Crippen LogP contribution in [0.1, 0.15) is 29.5 Å². The number of aliphatic carboxylic acids is 2. The largest absolute Gasteiger partial charge is 1.00 e. The van der Waals surface area contributed by atoms with Crippen LogP contribution >= 0.6 is 0 Å². The molecule has 0 heterocycles. The predicted octanol–water partition coefficient (Wildman–Crippen LogP) is -4.80. The minimum atomic E-state index is -1.58. The molecule has 0 radical (unpaired) electrons. The van der Waals surface area contributed by atoms with Crippen LogP contribution in [0.5, 0.6) is 0 Å². The Bertz CT molecular complexity index is 172. The van der Waals surface area contributed by atoms with E-state index in [1.165, 1.54) is 0 Å². The van der Waals surface area contributed by atoms with Gasteiger partial charge in [-0.2, -0.15) is 0 Å². The molecule has 0 aromatic carbocycles. The van der Waals surface area contributed by atoms with Crippen molar-refractivity contribution >= 4 is 11.9 Å². The topological polar surface area (TPSA) is 74.6 Å². The molecular formula is C7H14KNaO4. The van der Waals surface area contributed by atoms with Gasteiger partial charge in [-0.1, -0.05) is 13.8 Å². The third-order valence-electron chi connectivity index (χ3n) is 2.03. The van der Waals surface area contributed by atoms with Crippen LogP contribution in [0.3, 0.4) is 0 Å². The quantitative estimate of drug-likeness (QED) is 0.371. The number of carboxylic acid groups (broad SMARTS) is 2. The van der Waals surface area contributed by atoms with E-state index in [4.69, 9.17) is 10.2 Å². The molecule has 0 spiro atoms. The molecule has 0 saturated carbocycles. The Balaban J connectivity index is -0.0000000833. The van der Waals surface area contributed by atoms with E-state index in [2.05, 4.69) is 0 Å². The van der Waals surface area contributed by atoms with Crippen molar-refractivity contribution in [1.82, 2.24) is 0 Å². The Hall–Kier alpha value is 1.58. The molecule has 6 heteroatoms. The van der Waals surface area contributed by atoms with Crippen LogP contribution in [-0.4, -0.2) is 22.2 Å². The molecule has 0 atom stereocenters. The van der Waals surface area contributed by atoms with Gasteiger partial charge in [0.15, 0.2) is 5.41 Å². The second-order valence-electron chi connectivity index (χ2n) is 2.40. The minimum Gasteiger partial charge on any atom is -1.00 e. The van der Waals surface area contributed by atoms with E-state index >= 15 is 0 Å². The van der Waals surface area contributed by atoms with Crippen molar-refractivity contribution in [3.8, 4) is 0 Å². The Morgan fingerprint density at radius 3 is 1.38 bits per heavy atom. The first-order valence-corrected chi connectivity index (χ1v) is 3.48. The summed E-state index contributed by atoms with van der Waals surface area (Å²) >= 11 is 0. The van der Waals surface area contributed by atoms with E-state index in [1.807, 2.05) is 0 Å². The first-order valence-electron chi connectivity index (χ1n) is 3.48. The van der Waals surface area contributed by atoms with E-state index < -0.39 is 17.4 Å². The number of rotatable bonds is 4. The van der Waals surface area contributed by atoms with Gasteiger partial charge < -0.3 is 13.1 Å². The van der Waals surface area contributed by atoms with Crippen LogP contribution in [0.2, 0.25) is 0 Å². The molecule has 0 fully saturated rings. The van der Waals surface area contributed by atoms with Crippen molar-refractivity contribution in [3.63, 3.8) is 0 Å². The Labute approximate surface area is 145 Å². The van der Waals surface area contributed by atoms with Crippen molar-refractivity contribution in [1.29, 1.82) is 0 Å². The van der Waals surface area contributed by atoms with Crippen LogP contribution < -0.4 is 80.9 Å². The maximum absolute atomic E-state index is 10.5. The molecular weight excluding hydrogens is 210 g/mol. The summed E-state index contributed by atoms with van der Waals surface area (Å²) in [6, 6.07) is 0. The van der Waals surface area contributed by atoms with Gasteiger partial charge in [0, 0.05) is 0 Å². The number of hydrogen-bond donors (Lipinski definition) is 2. The Kier molecular flexibility index (Phi) is 13.6. The molecule has 0 aliphatic carbocycles. The van der Waals surface area contributed by atoms with Crippen molar-refractivity contribution in [3.05, 3.63) is 0 Å². The number of carbonyl (C=O) groups is 2. The van der Waals surface area contributed by atoms with Gasteiger partial charge in [0.25, 0.3) is 0 Å². The maximum Gasteiger partial charge on any atom is 1.00 e. The second kappa shape index (κ2) is 8.85. The van der Waals surface area contributed by atoms with E-state index in [0.29, 0.717) is 0 Å². The molecule has 0 aromatic rings. The molecule has 0 rings (SSSR count). The second-order valence-corrected chi connectivity index (χ2v) is 2.40. The van der Waals surface area contributed by atoms with Crippen LogP contribution in [0.25, 0.3) is 0 Å². The van der Waals surface area contributed by atoms with Crippen molar-refractivity contribution in [2.45, 2.75) is 26.7 Å². The summed E-state index contributed by atoms with van der Waals surface area (Å²) in [6.45, 7) is 3.12. The average Bonchev–Trinajstić information content (AvgIpc) is 1.90. The van der Waals surface area contributed by atoms with E-state index in [-0.39, 0.29) is 96.6 Å². The standard InChI is InChI=1S/C7H12O4.K.Na.2H/c1-3-7(4-2,5(8)9)6(10)11;;;;/h3-4H2,1-2H3,(H,8,9)(H,10,11);;;;/q;2*+1;2*-1. The Morgan fingerprint density at radius 2 is 1.38 bits per heavy atom. The maximum atomic E-state index is 10.5. The molecule has 0 aliphatic heterocycles. The van der Waals surface area contributed by atoms with Gasteiger partial charge >= 0.3 is 92.9 Å². The zero-order chi connectivity index (χ0) is 9.07. The molecule has 0 unspecified atom stereocenters. The molecule has 0 aliphatic rings. The van der Waals surface area contributed by atoms with Crippen LogP contribution in [0.15, 0.2) is 0 Å². The smallest absolute Gasteiger partial charge is 1.00 e. The van der Waals surface area contributed by atoms with Crippen LogP contribution in [0.4, 0.5) is 0 Å². The number of carboxylic acids is 2. The molecule has 2 N–H and O–H groups in total. The molecule has 68 valence electrons. The van der Waals surface area contributed by atoms with Gasteiger partial charge in [-0.25, -0.2) is 0 Å². The van der Waals surface area contributed by atoms with Crippen LogP contribution in [-0.2, 0) is 9.59 Å². The number of hydrogen-bond acceptors (Lipinski definition) is 2. The summed E-state index contributed by atoms with van der Waals surface area (Å²) in [7, 11) is 0. The van der Waals surface area contributed by atoms with Crippen LogP contribution in [0, 0.1) is 5.41 Å². The predicted molar refractivity (Wildman–Crippen MR) is 40.5 cm³/mol. The van der Waals surface area contributed by atoms with Crippen molar-refractivity contribution in [2.75, 3.05) is 0 Å². The van der Waals surface area contributed by atoms with E-state index in [0.717, 1.165) is 0 Å². The van der Waals surface area contributed by atoms with Gasteiger partial charge in [-0.05, 0) is 12.8 Å². The Morgan fingerprint density at radius 1 is 1.15 bits per heavy atom. The fourth-order valence-electron chi connectivity index (χ4n) is 0.946. The summed E-state index contributed by atoms with van der Waals surface area (Å²) in [6.07, 6.45) is 0.238. The van der Waals surface area contributed by atoms with Gasteiger partial charge in [0.2, 0.25) is 0 Å². The van der Waals surface area contributed by atoms with Gasteiger partial charge in [-0.15, -0.1) is 0 Å². The van der Waals surface area contributed by atoms with E-state index in [1.54, 1.807) is 13.8 Å². The molecule has 0 saturated heterocycles. The summed E-state index contributed by atoms with van der Waals surface area (Å²) in [5.74, 6) is -2.51. The fraction of sp³-hybridized carbons (Fsp3) is 0.714. The first-order chi connectivity index (χ1) is 5.01. The fourth-order valence-corrected chi connectivity index (χ4v) is 0.946. The SMILES string of the molecule is CCC(CC)(C(=O)O)C(=O)O.[H-].[H-].[K+].[Na+]. The summed E-state index contributed by atoms with van der Waals surface area (Å²) in [4.78, 5) is 21.1. The summed E-state index contributed by atoms with van der Waals surface area (Å²) in [5.41, 5.74) is -1.58. The third-order valence-corrected chi connectivity index (χ3v) is 2.03. The monoisotopic (exact) mass is 224 g/mol. The molecule has 0 amide bonds. The van der Waals surface area contributed by atoms with Crippen molar-refractivity contribution < 1.29 is 104 Å². The minimum absolute atomic E-state index is 0. The van der Waals surface area contributed by atoms with Crippen molar-refractivity contribution in [2.24, 2.45) is 5.41 Å². The average molecular weight is 224 g/mol. The molecule has 13 heavy (non-hydrogen) atoms. The molecule has 4 nitrogen and oxygen atoms in total. The molecule has 0 bridgehead atoms. The summed E-state index contributed by atoms with van der Waals surface area (Å²) in [5, 5.41) is 17.2.